The van der Waals surface area contributed by atoms with Crippen molar-refractivity contribution < 1.29 is 4.74 Å². The third-order valence-electron chi connectivity index (χ3n) is 4.28. The molecule has 1 heterocycles. The zero-order valence-corrected chi connectivity index (χ0v) is 11.2. The van der Waals surface area contributed by atoms with Crippen LogP contribution in [0.5, 0.6) is 0 Å². The Kier molecular flexibility index (Phi) is 2.62. The van der Waals surface area contributed by atoms with Crippen LogP contribution in [-0.2, 0) is 10.5 Å². The minimum atomic E-state index is -0.683. The van der Waals surface area contributed by atoms with Gasteiger partial charge in [0.05, 0.1) is 5.54 Å². The zero-order chi connectivity index (χ0) is 12.7. The van der Waals surface area contributed by atoms with Crippen molar-refractivity contribution in [3.8, 4) is 0 Å². The molecule has 1 aliphatic rings. The van der Waals surface area contributed by atoms with E-state index < -0.39 is 5.72 Å². The van der Waals surface area contributed by atoms with Gasteiger partial charge in [0.2, 0.25) is 5.72 Å². The van der Waals surface area contributed by atoms with Gasteiger partial charge in [0, 0.05) is 18.1 Å². The first kappa shape index (κ1) is 12.2. The Hall–Kier alpha value is -1.22. The highest BCUT2D eigenvalue weighted by Gasteiger charge is 2.60. The summed E-state index contributed by atoms with van der Waals surface area (Å²) in [5.74, 6) is 0. The van der Waals surface area contributed by atoms with Crippen LogP contribution in [0.4, 0.5) is 0 Å². The van der Waals surface area contributed by atoms with Gasteiger partial charge in [-0.2, -0.15) is 10.2 Å². The van der Waals surface area contributed by atoms with Crippen molar-refractivity contribution in [2.24, 2.45) is 15.6 Å². The molecule has 0 aliphatic carbocycles. The lowest BCUT2D eigenvalue weighted by atomic mass is 9.67. The molecule has 92 valence electrons. The summed E-state index contributed by atoms with van der Waals surface area (Å²) in [6.07, 6.45) is 0. The van der Waals surface area contributed by atoms with Crippen LogP contribution in [-0.4, -0.2) is 12.6 Å². The Labute approximate surface area is 103 Å². The molecule has 0 saturated carbocycles. The van der Waals surface area contributed by atoms with Gasteiger partial charge in [0.15, 0.2) is 0 Å². The molecule has 0 N–H and O–H groups in total. The number of rotatable bonds is 2. The maximum atomic E-state index is 5.78. The van der Waals surface area contributed by atoms with E-state index in [0.29, 0.717) is 0 Å². The smallest absolute Gasteiger partial charge is 0.211 e. The van der Waals surface area contributed by atoms with E-state index in [-0.39, 0.29) is 11.0 Å². The van der Waals surface area contributed by atoms with Crippen molar-refractivity contribution in [2.75, 3.05) is 7.11 Å². The largest absolute Gasteiger partial charge is 0.351 e. The predicted molar refractivity (Wildman–Crippen MR) is 67.8 cm³/mol. The van der Waals surface area contributed by atoms with E-state index in [0.717, 1.165) is 5.56 Å². The Balaban J connectivity index is 2.59. The van der Waals surface area contributed by atoms with Crippen LogP contribution in [0.15, 0.2) is 40.6 Å². The number of azo groups is 1. The maximum Gasteiger partial charge on any atom is 0.211 e. The first-order chi connectivity index (χ1) is 7.87. The van der Waals surface area contributed by atoms with E-state index in [2.05, 4.69) is 37.9 Å². The molecule has 1 aromatic rings. The summed E-state index contributed by atoms with van der Waals surface area (Å²) in [4.78, 5) is 0. The summed E-state index contributed by atoms with van der Waals surface area (Å²) in [7, 11) is 1.70. The summed E-state index contributed by atoms with van der Waals surface area (Å²) in [5, 5.41) is 8.89. The van der Waals surface area contributed by atoms with Gasteiger partial charge < -0.3 is 4.74 Å². The molecule has 0 spiro atoms. The standard InChI is InChI=1S/C14H20N2O/c1-12(2)13(3,4)15-16-14(12,17-5)11-9-7-6-8-10-11/h6-10H,1-5H3. The summed E-state index contributed by atoms with van der Waals surface area (Å²) >= 11 is 0. The molecule has 17 heavy (non-hydrogen) atoms. The number of hydrogen-bond acceptors (Lipinski definition) is 3. The van der Waals surface area contributed by atoms with E-state index in [1.807, 2.05) is 30.3 Å². The van der Waals surface area contributed by atoms with Gasteiger partial charge in [-0.15, -0.1) is 0 Å². The Morgan fingerprint density at radius 1 is 0.941 bits per heavy atom. The number of benzene rings is 1. The highest BCUT2D eigenvalue weighted by atomic mass is 16.5. The van der Waals surface area contributed by atoms with Gasteiger partial charge in [-0.3, -0.25) is 0 Å². The molecule has 3 heteroatoms. The molecular formula is C14H20N2O. The lowest BCUT2D eigenvalue weighted by molar-refractivity contribution is -0.103. The van der Waals surface area contributed by atoms with Crippen LogP contribution in [0.3, 0.4) is 0 Å². The topological polar surface area (TPSA) is 34.0 Å². The molecule has 0 fully saturated rings. The van der Waals surface area contributed by atoms with Crippen LogP contribution in [0.2, 0.25) is 0 Å². The fourth-order valence-electron chi connectivity index (χ4n) is 2.36. The van der Waals surface area contributed by atoms with Gasteiger partial charge in [-0.25, -0.2) is 0 Å². The fraction of sp³-hybridized carbons (Fsp3) is 0.571. The second-order valence-corrected chi connectivity index (χ2v) is 5.60. The van der Waals surface area contributed by atoms with E-state index >= 15 is 0 Å². The third-order valence-corrected chi connectivity index (χ3v) is 4.28. The molecule has 0 saturated heterocycles. The fourth-order valence-corrected chi connectivity index (χ4v) is 2.36. The highest BCUT2D eigenvalue weighted by molar-refractivity contribution is 5.28. The lowest BCUT2D eigenvalue weighted by Gasteiger charge is -2.42. The monoisotopic (exact) mass is 232 g/mol. The Morgan fingerprint density at radius 2 is 1.53 bits per heavy atom. The zero-order valence-electron chi connectivity index (χ0n) is 11.2. The minimum Gasteiger partial charge on any atom is -0.351 e. The van der Waals surface area contributed by atoms with Crippen LogP contribution >= 0.6 is 0 Å². The quantitative estimate of drug-likeness (QED) is 0.764. The SMILES string of the molecule is COC1(c2ccccc2)N=NC(C)(C)C1(C)C. The van der Waals surface area contributed by atoms with Crippen LogP contribution in [0, 0.1) is 5.41 Å². The summed E-state index contributed by atoms with van der Waals surface area (Å²) in [6, 6.07) is 10.1. The van der Waals surface area contributed by atoms with E-state index in [1.165, 1.54) is 0 Å². The summed E-state index contributed by atoms with van der Waals surface area (Å²) in [6.45, 7) is 8.51. The van der Waals surface area contributed by atoms with E-state index in [4.69, 9.17) is 4.74 Å². The summed E-state index contributed by atoms with van der Waals surface area (Å²) in [5.41, 5.74) is -0.0611. The van der Waals surface area contributed by atoms with Gasteiger partial charge in [-0.05, 0) is 13.8 Å². The number of ether oxygens (including phenoxy) is 1. The molecule has 2 rings (SSSR count). The predicted octanol–water partition coefficient (Wildman–Crippen LogP) is 3.76. The molecule has 1 aliphatic heterocycles. The molecule has 1 unspecified atom stereocenters. The number of hydrogen-bond donors (Lipinski definition) is 0. The average molecular weight is 232 g/mol. The first-order valence-corrected chi connectivity index (χ1v) is 5.92. The molecule has 3 nitrogen and oxygen atoms in total. The van der Waals surface area contributed by atoms with Gasteiger partial charge in [0.1, 0.15) is 0 Å². The van der Waals surface area contributed by atoms with E-state index in [9.17, 15) is 0 Å². The van der Waals surface area contributed by atoms with Crippen molar-refractivity contribution in [2.45, 2.75) is 39.0 Å². The molecule has 0 aromatic heterocycles. The molecule has 0 radical (unpaired) electrons. The maximum absolute atomic E-state index is 5.78. The Bertz CT molecular complexity index is 437. The first-order valence-electron chi connectivity index (χ1n) is 5.92. The van der Waals surface area contributed by atoms with Gasteiger partial charge in [0.25, 0.3) is 0 Å². The Morgan fingerprint density at radius 3 is 1.94 bits per heavy atom. The van der Waals surface area contributed by atoms with Crippen LogP contribution in [0.1, 0.15) is 33.3 Å². The lowest BCUT2D eigenvalue weighted by Crippen LogP contribution is -2.48. The van der Waals surface area contributed by atoms with Crippen LogP contribution in [0.25, 0.3) is 0 Å². The van der Waals surface area contributed by atoms with Crippen molar-refractivity contribution >= 4 is 0 Å². The van der Waals surface area contributed by atoms with Crippen molar-refractivity contribution in [3.05, 3.63) is 35.9 Å². The molecule has 0 amide bonds. The van der Waals surface area contributed by atoms with Gasteiger partial charge >= 0.3 is 0 Å². The second-order valence-electron chi connectivity index (χ2n) is 5.60. The van der Waals surface area contributed by atoms with Crippen molar-refractivity contribution in [1.82, 2.24) is 0 Å². The molecule has 1 aromatic carbocycles. The minimum absolute atomic E-state index is 0.198. The normalized spacial score (nSPS) is 29.5. The van der Waals surface area contributed by atoms with E-state index in [1.54, 1.807) is 7.11 Å². The molecule has 1 atom stereocenters. The number of nitrogens with zero attached hydrogens (tertiary/aromatic N) is 2. The third kappa shape index (κ3) is 1.45. The average Bonchev–Trinajstić information content (AvgIpc) is 2.49. The van der Waals surface area contributed by atoms with Crippen molar-refractivity contribution in [1.29, 1.82) is 0 Å². The van der Waals surface area contributed by atoms with Gasteiger partial charge in [-0.1, -0.05) is 44.2 Å². The summed E-state index contributed by atoms with van der Waals surface area (Å²) < 4.78 is 5.78. The second kappa shape index (κ2) is 3.64. The van der Waals surface area contributed by atoms with Crippen molar-refractivity contribution in [3.63, 3.8) is 0 Å². The highest BCUT2D eigenvalue weighted by Crippen LogP contribution is 2.56. The number of methoxy groups -OCH3 is 1. The van der Waals surface area contributed by atoms with Crippen LogP contribution < -0.4 is 0 Å². The molecule has 0 bridgehead atoms. The molecular weight excluding hydrogens is 212 g/mol.